The first-order valence-corrected chi connectivity index (χ1v) is 9.78. The summed E-state index contributed by atoms with van der Waals surface area (Å²) in [5, 5.41) is 0. The van der Waals surface area contributed by atoms with Crippen molar-refractivity contribution in [1.29, 1.82) is 0 Å². The molecule has 0 saturated carbocycles. The lowest BCUT2D eigenvalue weighted by molar-refractivity contribution is -0.131. The lowest BCUT2D eigenvalue weighted by Gasteiger charge is -2.35. The molecule has 4 rings (SSSR count). The maximum Gasteiger partial charge on any atom is 0.223 e. The Morgan fingerprint density at radius 1 is 0.963 bits per heavy atom. The molecule has 0 atom stereocenters. The Morgan fingerprint density at radius 2 is 1.67 bits per heavy atom. The quantitative estimate of drug-likeness (QED) is 0.699. The minimum absolute atomic E-state index is 0.252. The molecule has 0 radical (unpaired) electrons. The van der Waals surface area contributed by atoms with Crippen LogP contribution in [0, 0.1) is 0 Å². The first kappa shape index (κ1) is 17.6. The molecule has 0 unspecified atom stereocenters. The highest BCUT2D eigenvalue weighted by atomic mass is 16.2. The monoisotopic (exact) mass is 362 g/mol. The van der Waals surface area contributed by atoms with Crippen molar-refractivity contribution in [3.05, 3.63) is 60.2 Å². The standard InChI is InChI=1S/C22H26N4O/c1-2-26-20-11-7-6-10-19(20)23-22(26)25-16-14-24(15-17-25)21(27)13-12-18-8-4-3-5-9-18/h3-11H,2,12-17H2,1H3. The predicted molar refractivity (Wildman–Crippen MR) is 109 cm³/mol. The van der Waals surface area contributed by atoms with E-state index in [1.54, 1.807) is 0 Å². The highest BCUT2D eigenvalue weighted by Gasteiger charge is 2.24. The Hall–Kier alpha value is -2.82. The number of para-hydroxylation sites is 2. The zero-order chi connectivity index (χ0) is 18.6. The van der Waals surface area contributed by atoms with Gasteiger partial charge in [0.05, 0.1) is 11.0 Å². The SMILES string of the molecule is CCn1c(N2CCN(C(=O)CCc3ccccc3)CC2)nc2ccccc21. The van der Waals surface area contributed by atoms with Gasteiger partial charge in [0.2, 0.25) is 11.9 Å². The number of carbonyl (C=O) groups excluding carboxylic acids is 1. The van der Waals surface area contributed by atoms with E-state index in [1.165, 1.54) is 11.1 Å². The molecule has 1 amide bonds. The van der Waals surface area contributed by atoms with Gasteiger partial charge in [0.25, 0.3) is 0 Å². The van der Waals surface area contributed by atoms with Crippen molar-refractivity contribution in [2.24, 2.45) is 0 Å². The molecule has 2 heterocycles. The molecular formula is C22H26N4O. The van der Waals surface area contributed by atoms with E-state index in [2.05, 4.69) is 46.7 Å². The van der Waals surface area contributed by atoms with E-state index in [4.69, 9.17) is 4.98 Å². The summed E-state index contributed by atoms with van der Waals surface area (Å²) in [6.45, 7) is 6.24. The third-order valence-electron chi connectivity index (χ3n) is 5.34. The number of anilines is 1. The van der Waals surface area contributed by atoms with Crippen LogP contribution in [0.5, 0.6) is 0 Å². The van der Waals surface area contributed by atoms with E-state index in [-0.39, 0.29) is 5.91 Å². The third-order valence-corrected chi connectivity index (χ3v) is 5.34. The van der Waals surface area contributed by atoms with Crippen molar-refractivity contribution in [1.82, 2.24) is 14.5 Å². The number of benzene rings is 2. The van der Waals surface area contributed by atoms with Gasteiger partial charge in [-0.25, -0.2) is 4.98 Å². The summed E-state index contributed by atoms with van der Waals surface area (Å²) in [4.78, 5) is 21.7. The maximum absolute atomic E-state index is 12.6. The van der Waals surface area contributed by atoms with Gasteiger partial charge in [-0.15, -0.1) is 0 Å². The number of fused-ring (bicyclic) bond motifs is 1. The van der Waals surface area contributed by atoms with Crippen molar-refractivity contribution in [2.75, 3.05) is 31.1 Å². The normalized spacial score (nSPS) is 14.7. The van der Waals surface area contributed by atoms with E-state index >= 15 is 0 Å². The van der Waals surface area contributed by atoms with Gasteiger partial charge in [0.1, 0.15) is 0 Å². The largest absolute Gasteiger partial charge is 0.339 e. The second-order valence-electron chi connectivity index (χ2n) is 7.00. The second-order valence-corrected chi connectivity index (χ2v) is 7.00. The molecule has 1 fully saturated rings. The van der Waals surface area contributed by atoms with Crippen LogP contribution in [0.15, 0.2) is 54.6 Å². The van der Waals surface area contributed by atoms with E-state index < -0.39 is 0 Å². The van der Waals surface area contributed by atoms with E-state index in [0.717, 1.165) is 50.6 Å². The first-order chi connectivity index (χ1) is 13.3. The zero-order valence-electron chi connectivity index (χ0n) is 15.8. The molecule has 1 aliphatic rings. The minimum Gasteiger partial charge on any atom is -0.339 e. The van der Waals surface area contributed by atoms with Crippen molar-refractivity contribution < 1.29 is 4.79 Å². The van der Waals surface area contributed by atoms with Gasteiger partial charge in [-0.05, 0) is 31.0 Å². The summed E-state index contributed by atoms with van der Waals surface area (Å²) in [5.41, 5.74) is 3.44. The van der Waals surface area contributed by atoms with Crippen LogP contribution >= 0.6 is 0 Å². The van der Waals surface area contributed by atoms with Gasteiger partial charge < -0.3 is 14.4 Å². The van der Waals surface area contributed by atoms with Gasteiger partial charge in [0, 0.05) is 39.1 Å². The first-order valence-electron chi connectivity index (χ1n) is 9.78. The van der Waals surface area contributed by atoms with Crippen LogP contribution in [-0.4, -0.2) is 46.5 Å². The van der Waals surface area contributed by atoms with Gasteiger partial charge in [-0.1, -0.05) is 42.5 Å². The molecule has 0 bridgehead atoms. The fourth-order valence-electron chi connectivity index (χ4n) is 3.83. The number of amides is 1. The van der Waals surface area contributed by atoms with Gasteiger partial charge in [-0.2, -0.15) is 0 Å². The minimum atomic E-state index is 0.252. The molecule has 3 aromatic rings. The second kappa shape index (κ2) is 7.82. The number of rotatable bonds is 5. The molecular weight excluding hydrogens is 336 g/mol. The molecule has 2 aromatic carbocycles. The average Bonchev–Trinajstić information content (AvgIpc) is 3.11. The molecule has 140 valence electrons. The number of piperazine rings is 1. The Morgan fingerprint density at radius 3 is 2.41 bits per heavy atom. The zero-order valence-corrected chi connectivity index (χ0v) is 15.8. The van der Waals surface area contributed by atoms with Crippen LogP contribution in [0.2, 0.25) is 0 Å². The van der Waals surface area contributed by atoms with E-state index in [1.807, 2.05) is 29.2 Å². The Bertz CT molecular complexity index is 910. The van der Waals surface area contributed by atoms with Crippen LogP contribution in [0.3, 0.4) is 0 Å². The average molecular weight is 362 g/mol. The molecule has 1 aromatic heterocycles. The number of nitrogens with zero attached hydrogens (tertiary/aromatic N) is 4. The topological polar surface area (TPSA) is 41.4 Å². The molecule has 5 heteroatoms. The predicted octanol–water partition coefficient (Wildman–Crippen LogP) is 3.34. The summed E-state index contributed by atoms with van der Waals surface area (Å²) in [6.07, 6.45) is 1.39. The summed E-state index contributed by atoms with van der Waals surface area (Å²) in [7, 11) is 0. The molecule has 27 heavy (non-hydrogen) atoms. The smallest absolute Gasteiger partial charge is 0.223 e. The summed E-state index contributed by atoms with van der Waals surface area (Å²) in [5.74, 6) is 1.28. The van der Waals surface area contributed by atoms with Crippen molar-refractivity contribution in [3.8, 4) is 0 Å². The number of aryl methyl sites for hydroxylation is 2. The van der Waals surface area contributed by atoms with E-state index in [9.17, 15) is 4.79 Å². The van der Waals surface area contributed by atoms with Crippen molar-refractivity contribution >= 4 is 22.9 Å². The number of imidazole rings is 1. The van der Waals surface area contributed by atoms with Crippen LogP contribution in [-0.2, 0) is 17.8 Å². The molecule has 0 spiro atoms. The fraction of sp³-hybridized carbons (Fsp3) is 0.364. The summed E-state index contributed by atoms with van der Waals surface area (Å²) >= 11 is 0. The van der Waals surface area contributed by atoms with Gasteiger partial charge in [0.15, 0.2) is 0 Å². The number of carbonyl (C=O) groups is 1. The van der Waals surface area contributed by atoms with Crippen molar-refractivity contribution in [3.63, 3.8) is 0 Å². The lowest BCUT2D eigenvalue weighted by atomic mass is 10.1. The Kier molecular flexibility index (Phi) is 5.10. The molecule has 1 saturated heterocycles. The molecule has 0 aliphatic carbocycles. The fourth-order valence-corrected chi connectivity index (χ4v) is 3.83. The van der Waals surface area contributed by atoms with Crippen LogP contribution < -0.4 is 4.90 Å². The Labute approximate surface area is 160 Å². The van der Waals surface area contributed by atoms with E-state index in [0.29, 0.717) is 6.42 Å². The summed E-state index contributed by atoms with van der Waals surface area (Å²) < 4.78 is 2.27. The summed E-state index contributed by atoms with van der Waals surface area (Å²) in [6, 6.07) is 18.5. The van der Waals surface area contributed by atoms with Crippen molar-refractivity contribution in [2.45, 2.75) is 26.3 Å². The molecule has 5 nitrogen and oxygen atoms in total. The maximum atomic E-state index is 12.6. The number of hydrogen-bond donors (Lipinski definition) is 0. The van der Waals surface area contributed by atoms with Gasteiger partial charge in [-0.3, -0.25) is 4.79 Å². The van der Waals surface area contributed by atoms with Crippen LogP contribution in [0.4, 0.5) is 5.95 Å². The number of hydrogen-bond acceptors (Lipinski definition) is 3. The van der Waals surface area contributed by atoms with Gasteiger partial charge >= 0.3 is 0 Å². The Balaban J connectivity index is 1.38. The lowest BCUT2D eigenvalue weighted by Crippen LogP contribution is -2.49. The highest BCUT2D eigenvalue weighted by Crippen LogP contribution is 2.23. The molecule has 1 aliphatic heterocycles. The highest BCUT2D eigenvalue weighted by molar-refractivity contribution is 5.79. The number of aromatic nitrogens is 2. The third kappa shape index (κ3) is 3.68. The van der Waals surface area contributed by atoms with Crippen LogP contribution in [0.1, 0.15) is 18.9 Å². The van der Waals surface area contributed by atoms with Crippen LogP contribution in [0.25, 0.3) is 11.0 Å². The molecule has 0 N–H and O–H groups in total.